The van der Waals surface area contributed by atoms with Crippen LogP contribution in [0.15, 0.2) is 0 Å². The standard InChI is InChI=1S/C12H21N3O2S/c1-6-15(7-12(3,4)17)11(16)9-8(2)14-18-10(9)13-5/h13,17H,6-7H2,1-5H3. The maximum Gasteiger partial charge on any atom is 0.258 e. The van der Waals surface area contributed by atoms with E-state index in [4.69, 9.17) is 0 Å². The molecule has 1 rings (SSSR count). The van der Waals surface area contributed by atoms with Crippen LogP contribution in [0.2, 0.25) is 0 Å². The second-order valence-corrected chi connectivity index (χ2v) is 5.63. The van der Waals surface area contributed by atoms with Gasteiger partial charge >= 0.3 is 0 Å². The number of aromatic nitrogens is 1. The highest BCUT2D eigenvalue weighted by molar-refractivity contribution is 7.10. The molecule has 1 aromatic rings. The molecule has 0 spiro atoms. The average Bonchev–Trinajstić information content (AvgIpc) is 2.65. The zero-order chi connectivity index (χ0) is 13.9. The number of anilines is 1. The number of nitrogens with zero attached hydrogens (tertiary/aromatic N) is 2. The molecule has 0 aliphatic rings. The smallest absolute Gasteiger partial charge is 0.258 e. The number of aryl methyl sites for hydroxylation is 1. The quantitative estimate of drug-likeness (QED) is 0.856. The van der Waals surface area contributed by atoms with Crippen molar-refractivity contribution in [2.75, 3.05) is 25.5 Å². The third-order valence-electron chi connectivity index (χ3n) is 2.55. The summed E-state index contributed by atoms with van der Waals surface area (Å²) in [5, 5.41) is 13.6. The van der Waals surface area contributed by atoms with E-state index in [1.54, 1.807) is 25.8 Å². The van der Waals surface area contributed by atoms with Gasteiger partial charge in [-0.2, -0.15) is 4.37 Å². The van der Waals surface area contributed by atoms with E-state index < -0.39 is 5.60 Å². The van der Waals surface area contributed by atoms with Crippen molar-refractivity contribution in [2.24, 2.45) is 0 Å². The molecule has 5 nitrogen and oxygen atoms in total. The van der Waals surface area contributed by atoms with Crippen LogP contribution in [0, 0.1) is 6.92 Å². The van der Waals surface area contributed by atoms with E-state index in [2.05, 4.69) is 9.69 Å². The molecule has 18 heavy (non-hydrogen) atoms. The van der Waals surface area contributed by atoms with E-state index in [9.17, 15) is 9.90 Å². The van der Waals surface area contributed by atoms with Crippen LogP contribution in [0.5, 0.6) is 0 Å². The third-order valence-corrected chi connectivity index (χ3v) is 3.51. The molecule has 1 aromatic heterocycles. The second-order valence-electron chi connectivity index (χ2n) is 4.85. The summed E-state index contributed by atoms with van der Waals surface area (Å²) in [6.07, 6.45) is 0. The molecular weight excluding hydrogens is 250 g/mol. The summed E-state index contributed by atoms with van der Waals surface area (Å²) in [5.74, 6) is -0.0878. The van der Waals surface area contributed by atoms with E-state index in [0.29, 0.717) is 18.7 Å². The van der Waals surface area contributed by atoms with E-state index in [0.717, 1.165) is 10.7 Å². The summed E-state index contributed by atoms with van der Waals surface area (Å²) in [4.78, 5) is 14.1. The van der Waals surface area contributed by atoms with Gasteiger partial charge in [-0.3, -0.25) is 4.79 Å². The summed E-state index contributed by atoms with van der Waals surface area (Å²) in [6, 6.07) is 0. The Bertz CT molecular complexity index is 423. The SMILES string of the molecule is CCN(CC(C)(C)O)C(=O)c1c(C)nsc1NC. The first-order chi connectivity index (χ1) is 8.30. The van der Waals surface area contributed by atoms with Gasteiger partial charge in [0.15, 0.2) is 0 Å². The van der Waals surface area contributed by atoms with Crippen molar-refractivity contribution >= 4 is 22.4 Å². The number of hydrogen-bond donors (Lipinski definition) is 2. The van der Waals surface area contributed by atoms with Crippen LogP contribution in [0.4, 0.5) is 5.00 Å². The van der Waals surface area contributed by atoms with Crippen molar-refractivity contribution in [1.29, 1.82) is 0 Å². The molecule has 0 saturated carbocycles. The van der Waals surface area contributed by atoms with Gasteiger partial charge in [-0.05, 0) is 39.2 Å². The van der Waals surface area contributed by atoms with Crippen molar-refractivity contribution in [3.05, 3.63) is 11.3 Å². The van der Waals surface area contributed by atoms with Gasteiger partial charge in [0, 0.05) is 20.1 Å². The third kappa shape index (κ3) is 3.43. The minimum absolute atomic E-state index is 0.0878. The molecule has 0 atom stereocenters. The molecule has 0 aliphatic heterocycles. The number of amides is 1. The van der Waals surface area contributed by atoms with E-state index in [1.807, 2.05) is 13.8 Å². The van der Waals surface area contributed by atoms with Gasteiger partial charge in [-0.1, -0.05) is 0 Å². The Balaban J connectivity index is 3.00. The lowest BCUT2D eigenvalue weighted by molar-refractivity contribution is 0.0315. The number of carbonyl (C=O) groups is 1. The first-order valence-corrected chi connectivity index (χ1v) is 6.73. The van der Waals surface area contributed by atoms with Gasteiger partial charge in [-0.15, -0.1) is 0 Å². The number of hydrogen-bond acceptors (Lipinski definition) is 5. The fourth-order valence-corrected chi connectivity index (χ4v) is 2.48. The Morgan fingerprint density at radius 3 is 2.61 bits per heavy atom. The Morgan fingerprint density at radius 1 is 1.56 bits per heavy atom. The summed E-state index contributed by atoms with van der Waals surface area (Å²) in [5.41, 5.74) is 0.431. The maximum atomic E-state index is 12.5. The normalized spacial score (nSPS) is 11.4. The number of carbonyl (C=O) groups excluding carboxylic acids is 1. The Labute approximate surface area is 112 Å². The molecule has 102 valence electrons. The van der Waals surface area contributed by atoms with Crippen molar-refractivity contribution in [2.45, 2.75) is 33.3 Å². The van der Waals surface area contributed by atoms with Crippen molar-refractivity contribution in [3.63, 3.8) is 0 Å². The zero-order valence-corrected chi connectivity index (χ0v) is 12.4. The van der Waals surface area contributed by atoms with E-state index in [-0.39, 0.29) is 5.91 Å². The molecule has 0 fully saturated rings. The number of aliphatic hydroxyl groups is 1. The lowest BCUT2D eigenvalue weighted by Gasteiger charge is -2.28. The van der Waals surface area contributed by atoms with Crippen molar-refractivity contribution in [1.82, 2.24) is 9.27 Å². The van der Waals surface area contributed by atoms with Crippen LogP contribution in [-0.4, -0.2) is 46.0 Å². The van der Waals surface area contributed by atoms with Crippen LogP contribution in [0.3, 0.4) is 0 Å². The number of likely N-dealkylation sites (N-methyl/N-ethyl adjacent to an activating group) is 1. The second kappa shape index (κ2) is 5.67. The van der Waals surface area contributed by atoms with Crippen LogP contribution >= 0.6 is 11.5 Å². The molecule has 0 bridgehead atoms. The van der Waals surface area contributed by atoms with Gasteiger partial charge in [0.05, 0.1) is 16.9 Å². The van der Waals surface area contributed by atoms with E-state index >= 15 is 0 Å². The molecule has 0 radical (unpaired) electrons. The number of rotatable bonds is 5. The molecule has 0 unspecified atom stereocenters. The number of nitrogens with one attached hydrogen (secondary N) is 1. The molecule has 6 heteroatoms. The highest BCUT2D eigenvalue weighted by Crippen LogP contribution is 2.25. The Hall–Kier alpha value is -1.14. The highest BCUT2D eigenvalue weighted by atomic mass is 32.1. The van der Waals surface area contributed by atoms with Gasteiger partial charge in [0.1, 0.15) is 5.00 Å². The largest absolute Gasteiger partial charge is 0.389 e. The molecule has 2 N–H and O–H groups in total. The lowest BCUT2D eigenvalue weighted by Crippen LogP contribution is -2.42. The highest BCUT2D eigenvalue weighted by Gasteiger charge is 2.26. The van der Waals surface area contributed by atoms with Crippen LogP contribution < -0.4 is 5.32 Å². The zero-order valence-electron chi connectivity index (χ0n) is 11.6. The van der Waals surface area contributed by atoms with Crippen molar-refractivity contribution in [3.8, 4) is 0 Å². The first-order valence-electron chi connectivity index (χ1n) is 5.95. The first kappa shape index (κ1) is 14.9. The van der Waals surface area contributed by atoms with Gasteiger partial charge in [-0.25, -0.2) is 0 Å². The van der Waals surface area contributed by atoms with Crippen LogP contribution in [-0.2, 0) is 0 Å². The summed E-state index contributed by atoms with van der Waals surface area (Å²) < 4.78 is 4.19. The summed E-state index contributed by atoms with van der Waals surface area (Å²) in [7, 11) is 1.77. The molecule has 0 aromatic carbocycles. The van der Waals surface area contributed by atoms with Crippen LogP contribution in [0.1, 0.15) is 36.8 Å². The fourth-order valence-electron chi connectivity index (χ4n) is 1.74. The van der Waals surface area contributed by atoms with Gasteiger partial charge < -0.3 is 15.3 Å². The van der Waals surface area contributed by atoms with Crippen LogP contribution in [0.25, 0.3) is 0 Å². The summed E-state index contributed by atoms with van der Waals surface area (Å²) in [6.45, 7) is 7.98. The van der Waals surface area contributed by atoms with Gasteiger partial charge in [0.2, 0.25) is 0 Å². The van der Waals surface area contributed by atoms with Crippen molar-refractivity contribution < 1.29 is 9.90 Å². The van der Waals surface area contributed by atoms with E-state index in [1.165, 1.54) is 11.5 Å². The monoisotopic (exact) mass is 271 g/mol. The average molecular weight is 271 g/mol. The minimum Gasteiger partial charge on any atom is -0.389 e. The molecule has 0 aliphatic carbocycles. The molecular formula is C12H21N3O2S. The lowest BCUT2D eigenvalue weighted by atomic mass is 10.1. The predicted molar refractivity (Wildman–Crippen MR) is 74.3 cm³/mol. The minimum atomic E-state index is -0.900. The summed E-state index contributed by atoms with van der Waals surface area (Å²) >= 11 is 1.28. The molecule has 0 saturated heterocycles. The fraction of sp³-hybridized carbons (Fsp3) is 0.667. The maximum absolute atomic E-state index is 12.5. The molecule has 1 heterocycles. The Morgan fingerprint density at radius 2 is 2.17 bits per heavy atom. The van der Waals surface area contributed by atoms with Gasteiger partial charge in [0.25, 0.3) is 5.91 Å². The Kier molecular flexibility index (Phi) is 4.70. The molecule has 1 amide bonds. The topological polar surface area (TPSA) is 65.5 Å². The predicted octanol–water partition coefficient (Wildman–Crippen LogP) is 1.73.